The Morgan fingerprint density at radius 1 is 0.414 bits per heavy atom. The lowest BCUT2D eigenvalue weighted by molar-refractivity contribution is 0.366. The van der Waals surface area contributed by atoms with E-state index in [1.165, 1.54) is 15.9 Å². The van der Waals surface area contributed by atoms with E-state index in [0.717, 1.165) is 0 Å². The van der Waals surface area contributed by atoms with Crippen molar-refractivity contribution in [2.45, 2.75) is 0 Å². The van der Waals surface area contributed by atoms with Gasteiger partial charge in [0.1, 0.15) is 15.9 Å². The van der Waals surface area contributed by atoms with Crippen LogP contribution in [0.2, 0.25) is 0 Å². The molecule has 0 saturated heterocycles. The number of halogens is 8. The SMILES string of the molecule is F[B-](F)(F)F.F[B-](F)(F)F.[H+].c1ccc([PH+](c2ccccc2)c2ccccc2)cc1. The minimum Gasteiger partial charge on any atom is -0.418 e. The molecule has 0 aliphatic rings. The first-order chi connectivity index (χ1) is 13.4. The maximum absolute atomic E-state index is 9.75. The quantitative estimate of drug-likeness (QED) is 0.272. The second-order valence-corrected chi connectivity index (χ2v) is 7.94. The molecule has 0 amide bonds. The Balaban J connectivity index is 0.000000646. The monoisotopic (exact) mass is 438 g/mol. The molecule has 0 radical (unpaired) electrons. The summed E-state index contributed by atoms with van der Waals surface area (Å²) in [5, 5.41) is 4.31. The number of rotatable bonds is 3. The summed E-state index contributed by atoms with van der Waals surface area (Å²) in [6.45, 7) is 0. The zero-order chi connectivity index (χ0) is 21.9. The summed E-state index contributed by atoms with van der Waals surface area (Å²) in [5.74, 6) is 0. The van der Waals surface area contributed by atoms with Crippen molar-refractivity contribution in [3.05, 3.63) is 91.0 Å². The molecule has 3 rings (SSSR count). The highest BCUT2D eigenvalue weighted by atomic mass is 31.1. The van der Waals surface area contributed by atoms with Crippen LogP contribution in [0.25, 0.3) is 0 Å². The second kappa shape index (κ2) is 11.6. The number of hydrogen-bond acceptors (Lipinski definition) is 0. The van der Waals surface area contributed by atoms with Gasteiger partial charge in [-0.3, -0.25) is 0 Å². The van der Waals surface area contributed by atoms with Gasteiger partial charge in [-0.25, -0.2) is 0 Å². The molecule has 0 heterocycles. The van der Waals surface area contributed by atoms with Gasteiger partial charge in [0.05, 0.1) is 7.92 Å². The molecule has 0 unspecified atom stereocenters. The highest BCUT2D eigenvalue weighted by Gasteiger charge is 2.24. The van der Waals surface area contributed by atoms with E-state index in [1.54, 1.807) is 0 Å². The lowest BCUT2D eigenvalue weighted by atomic mass is 10.3. The van der Waals surface area contributed by atoms with E-state index in [-0.39, 0.29) is 1.43 Å². The third-order valence-corrected chi connectivity index (χ3v) is 5.92. The van der Waals surface area contributed by atoms with E-state index < -0.39 is 22.4 Å². The molecule has 0 bridgehead atoms. The molecule has 0 atom stereocenters. The highest BCUT2D eigenvalue weighted by Crippen LogP contribution is 2.32. The van der Waals surface area contributed by atoms with Crippen LogP contribution in [0.1, 0.15) is 1.43 Å². The summed E-state index contributed by atoms with van der Waals surface area (Å²) in [6, 6.07) is 32.5. The minimum absolute atomic E-state index is 0. The molecule has 0 spiro atoms. The molecule has 29 heavy (non-hydrogen) atoms. The molecular formula is C18H17B2F8P. The molecule has 11 heteroatoms. The molecule has 156 valence electrons. The van der Waals surface area contributed by atoms with E-state index in [2.05, 4.69) is 91.0 Å². The molecule has 0 saturated carbocycles. The van der Waals surface area contributed by atoms with E-state index >= 15 is 0 Å². The third kappa shape index (κ3) is 12.7. The zero-order valence-corrected chi connectivity index (χ0v) is 15.8. The van der Waals surface area contributed by atoms with Crippen molar-refractivity contribution in [1.82, 2.24) is 0 Å². The number of hydrogen-bond donors (Lipinski definition) is 0. The molecule has 0 fully saturated rings. The molecular weight excluding hydrogens is 421 g/mol. The first-order valence-corrected chi connectivity index (χ1v) is 9.73. The number of benzene rings is 3. The van der Waals surface area contributed by atoms with Crippen molar-refractivity contribution in [3.63, 3.8) is 0 Å². The van der Waals surface area contributed by atoms with Crippen LogP contribution in [0.5, 0.6) is 0 Å². The van der Waals surface area contributed by atoms with Crippen molar-refractivity contribution in [3.8, 4) is 0 Å². The van der Waals surface area contributed by atoms with Gasteiger partial charge in [0.2, 0.25) is 0 Å². The summed E-state index contributed by atoms with van der Waals surface area (Å²) in [4.78, 5) is 0. The average Bonchev–Trinajstić information content (AvgIpc) is 2.62. The Kier molecular flexibility index (Phi) is 9.89. The molecule has 3 aromatic carbocycles. The van der Waals surface area contributed by atoms with Crippen LogP contribution in [0, 0.1) is 0 Å². The van der Waals surface area contributed by atoms with Gasteiger partial charge in [-0.15, -0.1) is 0 Å². The lowest BCUT2D eigenvalue weighted by Gasteiger charge is -2.10. The minimum atomic E-state index is -6.00. The fourth-order valence-corrected chi connectivity index (χ4v) is 4.89. The van der Waals surface area contributed by atoms with Gasteiger partial charge >= 0.3 is 15.9 Å². The fraction of sp³-hybridized carbons (Fsp3) is 0. The fourth-order valence-electron chi connectivity index (χ4n) is 2.31. The lowest BCUT2D eigenvalue weighted by Crippen LogP contribution is -2.20. The molecule has 0 aromatic heterocycles. The Labute approximate surface area is 166 Å². The van der Waals surface area contributed by atoms with Crippen LogP contribution < -0.4 is 15.9 Å². The van der Waals surface area contributed by atoms with Crippen molar-refractivity contribution < 1.29 is 36.0 Å². The van der Waals surface area contributed by atoms with Gasteiger partial charge in [0, 0.05) is 0 Å². The van der Waals surface area contributed by atoms with Crippen LogP contribution in [0.4, 0.5) is 34.5 Å². The predicted molar refractivity (Wildman–Crippen MR) is 108 cm³/mol. The van der Waals surface area contributed by atoms with E-state index in [4.69, 9.17) is 0 Å². The Morgan fingerprint density at radius 3 is 0.759 bits per heavy atom. The van der Waals surface area contributed by atoms with E-state index in [9.17, 15) is 34.5 Å². The van der Waals surface area contributed by atoms with Gasteiger partial charge in [0.15, 0.2) is 0 Å². The van der Waals surface area contributed by atoms with Crippen molar-refractivity contribution in [1.29, 1.82) is 0 Å². The molecule has 0 aliphatic carbocycles. The van der Waals surface area contributed by atoms with Gasteiger partial charge in [-0.1, -0.05) is 54.6 Å². The van der Waals surface area contributed by atoms with Gasteiger partial charge in [-0.2, -0.15) is 0 Å². The average molecular weight is 438 g/mol. The van der Waals surface area contributed by atoms with Crippen molar-refractivity contribution >= 4 is 38.3 Å². The maximum Gasteiger partial charge on any atom is 1.00 e. The normalized spacial score (nSPS) is 11.1. The maximum atomic E-state index is 9.75. The first kappa shape index (κ1) is 24.7. The highest BCUT2D eigenvalue weighted by molar-refractivity contribution is 7.79. The van der Waals surface area contributed by atoms with Gasteiger partial charge in [0.25, 0.3) is 0 Å². The van der Waals surface area contributed by atoms with Gasteiger partial charge in [-0.05, 0) is 36.4 Å². The summed E-state index contributed by atoms with van der Waals surface area (Å²) in [6.07, 6.45) is 0. The standard InChI is InChI=1S/C18H15P.2BF4/c1-4-10-16(11-5-1)19(17-12-6-2-7-13-17)18-14-8-3-9-15-18;2*2-1(3,4)5/h1-15H;;/q;2*-1/p+2. The van der Waals surface area contributed by atoms with Crippen LogP contribution in [-0.4, -0.2) is 14.5 Å². The first-order valence-electron chi connectivity index (χ1n) is 8.23. The summed E-state index contributed by atoms with van der Waals surface area (Å²) in [7, 11) is -12.9. The third-order valence-electron chi connectivity index (χ3n) is 3.19. The van der Waals surface area contributed by atoms with Crippen LogP contribution >= 0.6 is 7.92 Å². The molecule has 0 N–H and O–H groups in total. The smallest absolute Gasteiger partial charge is 0.418 e. The summed E-state index contributed by atoms with van der Waals surface area (Å²) >= 11 is 0. The molecule has 0 nitrogen and oxygen atoms in total. The van der Waals surface area contributed by atoms with Gasteiger partial charge < -0.3 is 34.5 Å². The Hall–Kier alpha value is -2.34. The van der Waals surface area contributed by atoms with Crippen molar-refractivity contribution in [2.75, 3.05) is 0 Å². The molecule has 0 aliphatic heterocycles. The summed E-state index contributed by atoms with van der Waals surface area (Å²) in [5.41, 5.74) is 0. The van der Waals surface area contributed by atoms with Crippen LogP contribution in [0.3, 0.4) is 0 Å². The summed E-state index contributed by atoms with van der Waals surface area (Å²) < 4.78 is 78.0. The Bertz CT molecular complexity index is 700. The van der Waals surface area contributed by atoms with E-state index in [0.29, 0.717) is 0 Å². The zero-order valence-electron chi connectivity index (χ0n) is 15.8. The molecule has 3 aromatic rings. The van der Waals surface area contributed by atoms with E-state index in [1.807, 2.05) is 0 Å². The van der Waals surface area contributed by atoms with Crippen molar-refractivity contribution in [2.24, 2.45) is 0 Å². The largest absolute Gasteiger partial charge is 1.00 e. The second-order valence-electron chi connectivity index (χ2n) is 5.46. The Morgan fingerprint density at radius 2 is 0.586 bits per heavy atom. The van der Waals surface area contributed by atoms with Crippen LogP contribution in [0.15, 0.2) is 91.0 Å². The van der Waals surface area contributed by atoms with Crippen LogP contribution in [-0.2, 0) is 0 Å². The predicted octanol–water partition coefficient (Wildman–Crippen LogP) is 5.89. The topological polar surface area (TPSA) is 0 Å².